The second-order valence-corrected chi connectivity index (χ2v) is 9.21. The van der Waals surface area contributed by atoms with Crippen molar-refractivity contribution in [3.8, 4) is 6.07 Å². The highest BCUT2D eigenvalue weighted by molar-refractivity contribution is 5.79. The summed E-state index contributed by atoms with van der Waals surface area (Å²) in [7, 11) is 1.41. The number of methoxy groups -OCH3 is 1. The number of nitrogens with zero attached hydrogens (tertiary/aromatic N) is 4. The molecule has 0 saturated carbocycles. The lowest BCUT2D eigenvalue weighted by atomic mass is 9.93. The van der Waals surface area contributed by atoms with Crippen LogP contribution >= 0.6 is 0 Å². The maximum Gasteiger partial charge on any atom is 0.310 e. The van der Waals surface area contributed by atoms with E-state index in [-0.39, 0.29) is 30.3 Å². The molecular formula is C28H31N5O3. The Bertz CT molecular complexity index is 1200. The summed E-state index contributed by atoms with van der Waals surface area (Å²) in [5.41, 5.74) is 3.68. The van der Waals surface area contributed by atoms with Gasteiger partial charge in [0.2, 0.25) is 5.91 Å². The normalized spacial score (nSPS) is 17.8. The third-order valence-corrected chi connectivity index (χ3v) is 6.56. The molecule has 2 aromatic carbocycles. The smallest absolute Gasteiger partial charge is 0.310 e. The molecule has 3 aromatic rings. The number of hydrogen-bond donors (Lipinski definition) is 1. The number of nitriles is 1. The zero-order chi connectivity index (χ0) is 25.3. The van der Waals surface area contributed by atoms with Crippen LogP contribution in [0, 0.1) is 17.2 Å². The van der Waals surface area contributed by atoms with E-state index in [2.05, 4.69) is 33.4 Å². The standard InChI is InChI=1S/C28H31N5O3/c1-36-28(35)24-13-25(19-32(18-24)12-11-21-5-3-2-4-6-21)31-27(34)14-26-16-30-20-33(26)17-23-9-7-22(15-29)8-10-23/h2-10,16,20,24-25H,11-14,17-19H2,1H3,(H,31,34). The number of aromatic nitrogens is 2. The lowest BCUT2D eigenvalue weighted by molar-refractivity contribution is -0.148. The predicted molar refractivity (Wildman–Crippen MR) is 135 cm³/mol. The van der Waals surface area contributed by atoms with Crippen molar-refractivity contribution < 1.29 is 14.3 Å². The molecule has 2 heterocycles. The Balaban J connectivity index is 1.36. The molecule has 4 rings (SSSR count). The summed E-state index contributed by atoms with van der Waals surface area (Å²) in [6.07, 6.45) is 5.04. The number of carbonyl (C=O) groups excluding carboxylic acids is 2. The zero-order valence-electron chi connectivity index (χ0n) is 20.5. The van der Waals surface area contributed by atoms with Gasteiger partial charge < -0.3 is 19.5 Å². The van der Waals surface area contributed by atoms with E-state index < -0.39 is 0 Å². The van der Waals surface area contributed by atoms with E-state index in [0.29, 0.717) is 31.6 Å². The Labute approximate surface area is 211 Å². The zero-order valence-corrected chi connectivity index (χ0v) is 20.5. The number of imidazole rings is 1. The van der Waals surface area contributed by atoms with Crippen molar-refractivity contribution in [3.05, 3.63) is 89.5 Å². The van der Waals surface area contributed by atoms with Crippen molar-refractivity contribution in [2.45, 2.75) is 31.8 Å². The van der Waals surface area contributed by atoms with Crippen LogP contribution in [0.1, 0.15) is 28.8 Å². The van der Waals surface area contributed by atoms with Gasteiger partial charge in [-0.25, -0.2) is 4.98 Å². The lowest BCUT2D eigenvalue weighted by Crippen LogP contribution is -2.53. The molecule has 1 fully saturated rings. The van der Waals surface area contributed by atoms with E-state index in [1.807, 2.05) is 34.9 Å². The average molecular weight is 486 g/mol. The summed E-state index contributed by atoms with van der Waals surface area (Å²) in [5.74, 6) is -0.610. The number of piperidine rings is 1. The third kappa shape index (κ3) is 6.80. The number of likely N-dealkylation sites (tertiary alicyclic amines) is 1. The van der Waals surface area contributed by atoms with Crippen LogP contribution in [0.25, 0.3) is 0 Å². The Kier molecular flexibility index (Phi) is 8.48. The van der Waals surface area contributed by atoms with Crippen LogP contribution in [0.3, 0.4) is 0 Å². The maximum atomic E-state index is 13.0. The van der Waals surface area contributed by atoms with Gasteiger partial charge in [-0.2, -0.15) is 5.26 Å². The average Bonchev–Trinajstić information content (AvgIpc) is 3.33. The molecule has 1 aromatic heterocycles. The molecule has 8 nitrogen and oxygen atoms in total. The number of nitrogens with one attached hydrogen (secondary N) is 1. The van der Waals surface area contributed by atoms with Gasteiger partial charge in [0.05, 0.1) is 37.4 Å². The fourth-order valence-corrected chi connectivity index (χ4v) is 4.71. The topological polar surface area (TPSA) is 100 Å². The molecule has 0 spiro atoms. The highest BCUT2D eigenvalue weighted by atomic mass is 16.5. The van der Waals surface area contributed by atoms with Crippen LogP contribution in [0.5, 0.6) is 0 Å². The van der Waals surface area contributed by atoms with Gasteiger partial charge in [-0.15, -0.1) is 0 Å². The number of hydrogen-bond acceptors (Lipinski definition) is 6. The summed E-state index contributed by atoms with van der Waals surface area (Å²) in [4.78, 5) is 31.8. The first-order valence-corrected chi connectivity index (χ1v) is 12.2. The molecule has 2 unspecified atom stereocenters. The number of carbonyl (C=O) groups is 2. The van der Waals surface area contributed by atoms with Crippen LogP contribution in [0.4, 0.5) is 0 Å². The Morgan fingerprint density at radius 1 is 1.11 bits per heavy atom. The SMILES string of the molecule is COC(=O)C1CC(NC(=O)Cc2cncn2Cc2ccc(C#N)cc2)CN(CCc2ccccc2)C1. The monoisotopic (exact) mass is 485 g/mol. The second kappa shape index (κ2) is 12.1. The number of esters is 1. The Morgan fingerprint density at radius 3 is 2.61 bits per heavy atom. The van der Waals surface area contributed by atoms with Crippen LogP contribution in [-0.4, -0.2) is 59.1 Å². The molecule has 1 aliphatic heterocycles. The van der Waals surface area contributed by atoms with Gasteiger partial charge >= 0.3 is 5.97 Å². The molecule has 1 aliphatic rings. The molecule has 0 radical (unpaired) electrons. The first-order valence-electron chi connectivity index (χ1n) is 12.2. The van der Waals surface area contributed by atoms with Gasteiger partial charge in [0.25, 0.3) is 0 Å². The van der Waals surface area contributed by atoms with E-state index in [1.54, 1.807) is 24.7 Å². The molecule has 186 valence electrons. The Hall–Kier alpha value is -3.96. The van der Waals surface area contributed by atoms with E-state index in [0.717, 1.165) is 24.2 Å². The molecule has 0 bridgehead atoms. The molecule has 8 heteroatoms. The molecule has 36 heavy (non-hydrogen) atoms. The van der Waals surface area contributed by atoms with E-state index in [1.165, 1.54) is 12.7 Å². The minimum atomic E-state index is -0.272. The molecule has 2 atom stereocenters. The summed E-state index contributed by atoms with van der Waals surface area (Å²) < 4.78 is 6.95. The highest BCUT2D eigenvalue weighted by Crippen LogP contribution is 2.19. The van der Waals surface area contributed by atoms with Crippen LogP contribution < -0.4 is 5.32 Å². The first-order chi connectivity index (χ1) is 17.5. The van der Waals surface area contributed by atoms with Crippen molar-refractivity contribution in [2.24, 2.45) is 5.92 Å². The van der Waals surface area contributed by atoms with Crippen molar-refractivity contribution in [1.29, 1.82) is 5.26 Å². The summed E-state index contributed by atoms with van der Waals surface area (Å²) in [5, 5.41) is 12.1. The number of benzene rings is 2. The van der Waals surface area contributed by atoms with Crippen molar-refractivity contribution in [1.82, 2.24) is 19.8 Å². The molecule has 1 N–H and O–H groups in total. The molecular weight excluding hydrogens is 454 g/mol. The minimum absolute atomic E-state index is 0.102. The fraction of sp³-hybridized carbons (Fsp3) is 0.357. The van der Waals surface area contributed by atoms with Gasteiger partial charge in [-0.3, -0.25) is 9.59 Å². The van der Waals surface area contributed by atoms with Crippen LogP contribution in [0.15, 0.2) is 67.1 Å². The van der Waals surface area contributed by atoms with Crippen LogP contribution in [-0.2, 0) is 33.7 Å². The summed E-state index contributed by atoms with van der Waals surface area (Å²) in [6.45, 7) is 2.69. The van der Waals surface area contributed by atoms with E-state index in [9.17, 15) is 9.59 Å². The van der Waals surface area contributed by atoms with Crippen molar-refractivity contribution in [2.75, 3.05) is 26.7 Å². The minimum Gasteiger partial charge on any atom is -0.469 e. The summed E-state index contributed by atoms with van der Waals surface area (Å²) >= 11 is 0. The summed E-state index contributed by atoms with van der Waals surface area (Å²) in [6, 6.07) is 19.6. The van der Waals surface area contributed by atoms with E-state index in [4.69, 9.17) is 10.00 Å². The maximum absolute atomic E-state index is 13.0. The van der Waals surface area contributed by atoms with Gasteiger partial charge in [0, 0.05) is 44.1 Å². The van der Waals surface area contributed by atoms with E-state index >= 15 is 0 Å². The molecule has 0 aliphatic carbocycles. The van der Waals surface area contributed by atoms with Crippen LogP contribution in [0.2, 0.25) is 0 Å². The molecule has 1 amide bonds. The first kappa shape index (κ1) is 25.1. The Morgan fingerprint density at radius 2 is 1.89 bits per heavy atom. The van der Waals surface area contributed by atoms with Gasteiger partial charge in [-0.1, -0.05) is 42.5 Å². The van der Waals surface area contributed by atoms with Crippen molar-refractivity contribution in [3.63, 3.8) is 0 Å². The van der Waals surface area contributed by atoms with Gasteiger partial charge in [0.1, 0.15) is 0 Å². The predicted octanol–water partition coefficient (Wildman–Crippen LogP) is 2.57. The van der Waals surface area contributed by atoms with Crippen molar-refractivity contribution >= 4 is 11.9 Å². The number of ether oxygens (including phenoxy) is 1. The van der Waals surface area contributed by atoms with Gasteiger partial charge in [0.15, 0.2) is 0 Å². The molecule has 1 saturated heterocycles. The quantitative estimate of drug-likeness (QED) is 0.468. The second-order valence-electron chi connectivity index (χ2n) is 9.21. The number of rotatable bonds is 9. The fourth-order valence-electron chi connectivity index (χ4n) is 4.71. The number of amides is 1. The highest BCUT2D eigenvalue weighted by Gasteiger charge is 2.33. The van der Waals surface area contributed by atoms with Gasteiger partial charge in [-0.05, 0) is 36.1 Å². The third-order valence-electron chi connectivity index (χ3n) is 6.56. The largest absolute Gasteiger partial charge is 0.469 e. The lowest BCUT2D eigenvalue weighted by Gasteiger charge is -2.37.